The largest absolute Gasteiger partial charge is 0.490 e. The third kappa shape index (κ3) is 3.54. The Bertz CT molecular complexity index is 734. The van der Waals surface area contributed by atoms with E-state index in [1.807, 2.05) is 37.3 Å². The zero-order chi connectivity index (χ0) is 18.0. The van der Waals surface area contributed by atoms with Crippen LogP contribution in [-0.4, -0.2) is 50.5 Å². The molecule has 0 spiro atoms. The molecule has 0 saturated carbocycles. The molecule has 25 heavy (non-hydrogen) atoms. The number of aromatic nitrogens is 2. The van der Waals surface area contributed by atoms with E-state index in [1.54, 1.807) is 29.6 Å². The summed E-state index contributed by atoms with van der Waals surface area (Å²) in [7, 11) is 0. The second-order valence-corrected chi connectivity index (χ2v) is 6.87. The van der Waals surface area contributed by atoms with Crippen LogP contribution in [0.15, 0.2) is 36.5 Å². The van der Waals surface area contributed by atoms with Gasteiger partial charge in [0.1, 0.15) is 0 Å². The molecule has 134 valence electrons. The van der Waals surface area contributed by atoms with Crippen molar-refractivity contribution < 1.29 is 14.6 Å². The normalized spacial score (nSPS) is 17.8. The number of ether oxygens (including phenoxy) is 1. The maximum Gasteiger partial charge on any atom is 0.278 e. The van der Waals surface area contributed by atoms with Crippen LogP contribution in [-0.2, 0) is 0 Å². The van der Waals surface area contributed by atoms with Gasteiger partial charge in [-0.3, -0.25) is 4.79 Å². The Morgan fingerprint density at radius 2 is 2.08 bits per heavy atom. The number of carbonyl (C=O) groups excluding carboxylic acids is 1. The standard InChI is InChI=1S/C19H25N3O3/c1-4-25-15-13-22(14-9-6-5-7-10-14)20-17(15)18(23)21-12-8-11-16(21)19(2,3)24/h5-7,9-10,13,16,24H,4,8,11-12H2,1-3H3. The third-order valence-corrected chi connectivity index (χ3v) is 4.53. The Morgan fingerprint density at radius 3 is 2.72 bits per heavy atom. The van der Waals surface area contributed by atoms with Gasteiger partial charge in [-0.2, -0.15) is 5.10 Å². The molecule has 3 rings (SSSR count). The molecule has 2 heterocycles. The van der Waals surface area contributed by atoms with Crippen molar-refractivity contribution in [1.82, 2.24) is 14.7 Å². The van der Waals surface area contributed by atoms with Crippen molar-refractivity contribution in [3.05, 3.63) is 42.2 Å². The quantitative estimate of drug-likeness (QED) is 0.906. The van der Waals surface area contributed by atoms with Crippen molar-refractivity contribution in [2.45, 2.75) is 45.3 Å². The lowest BCUT2D eigenvalue weighted by molar-refractivity contribution is -0.0000297. The molecule has 1 fully saturated rings. The highest BCUT2D eigenvalue weighted by Gasteiger charge is 2.40. The van der Waals surface area contributed by atoms with Crippen LogP contribution in [0, 0.1) is 0 Å². The van der Waals surface area contributed by atoms with Crippen molar-refractivity contribution >= 4 is 5.91 Å². The monoisotopic (exact) mass is 343 g/mol. The third-order valence-electron chi connectivity index (χ3n) is 4.53. The van der Waals surface area contributed by atoms with E-state index in [9.17, 15) is 9.90 Å². The zero-order valence-electron chi connectivity index (χ0n) is 15.0. The highest BCUT2D eigenvalue weighted by molar-refractivity contribution is 5.95. The van der Waals surface area contributed by atoms with Gasteiger partial charge >= 0.3 is 0 Å². The SMILES string of the molecule is CCOc1cn(-c2ccccc2)nc1C(=O)N1CCCC1C(C)(C)O. The predicted octanol–water partition coefficient (Wildman–Crippen LogP) is 2.65. The first-order valence-corrected chi connectivity index (χ1v) is 8.73. The van der Waals surface area contributed by atoms with Gasteiger partial charge in [0.05, 0.1) is 30.1 Å². The predicted molar refractivity (Wildman–Crippen MR) is 95.1 cm³/mol. The van der Waals surface area contributed by atoms with E-state index in [2.05, 4.69) is 5.10 Å². The molecule has 1 atom stereocenters. The Morgan fingerprint density at radius 1 is 1.36 bits per heavy atom. The highest BCUT2D eigenvalue weighted by atomic mass is 16.5. The average molecular weight is 343 g/mol. The van der Waals surface area contributed by atoms with E-state index in [0.717, 1.165) is 18.5 Å². The van der Waals surface area contributed by atoms with Gasteiger partial charge in [-0.1, -0.05) is 18.2 Å². The lowest BCUT2D eigenvalue weighted by Crippen LogP contribution is -2.48. The number of rotatable bonds is 5. The summed E-state index contributed by atoms with van der Waals surface area (Å²) in [5, 5.41) is 14.9. The maximum atomic E-state index is 13.1. The first kappa shape index (κ1) is 17.5. The maximum absolute atomic E-state index is 13.1. The van der Waals surface area contributed by atoms with E-state index in [1.165, 1.54) is 0 Å². The number of carbonyl (C=O) groups is 1. The summed E-state index contributed by atoms with van der Waals surface area (Å²) in [6.07, 6.45) is 3.41. The van der Waals surface area contributed by atoms with Crippen LogP contribution in [0.5, 0.6) is 5.75 Å². The number of hydrogen-bond acceptors (Lipinski definition) is 4. The van der Waals surface area contributed by atoms with Crippen LogP contribution in [0.4, 0.5) is 0 Å². The smallest absolute Gasteiger partial charge is 0.278 e. The molecule has 1 aromatic carbocycles. The van der Waals surface area contributed by atoms with Crippen LogP contribution < -0.4 is 4.74 Å². The molecular weight excluding hydrogens is 318 g/mol. The van der Waals surface area contributed by atoms with Gasteiger partial charge in [0.2, 0.25) is 0 Å². The lowest BCUT2D eigenvalue weighted by Gasteiger charge is -2.33. The Labute approximate surface area is 148 Å². The minimum atomic E-state index is -0.945. The van der Waals surface area contributed by atoms with Crippen molar-refractivity contribution in [3.63, 3.8) is 0 Å². The van der Waals surface area contributed by atoms with E-state index in [-0.39, 0.29) is 11.9 Å². The van der Waals surface area contributed by atoms with Crippen LogP contribution in [0.3, 0.4) is 0 Å². The summed E-state index contributed by atoms with van der Waals surface area (Å²) < 4.78 is 7.31. The second-order valence-electron chi connectivity index (χ2n) is 6.87. The molecule has 2 aromatic rings. The Balaban J connectivity index is 1.95. The van der Waals surface area contributed by atoms with Crippen LogP contribution in [0.2, 0.25) is 0 Å². The highest BCUT2D eigenvalue weighted by Crippen LogP contribution is 2.30. The number of para-hydroxylation sites is 1. The number of likely N-dealkylation sites (tertiary alicyclic amines) is 1. The molecule has 0 radical (unpaired) electrons. The summed E-state index contributed by atoms with van der Waals surface area (Å²) in [6, 6.07) is 9.41. The summed E-state index contributed by atoms with van der Waals surface area (Å²) in [5.74, 6) is 0.278. The van der Waals surface area contributed by atoms with E-state index in [4.69, 9.17) is 4.74 Å². The number of hydrogen-bond donors (Lipinski definition) is 1. The van der Waals surface area contributed by atoms with Crippen molar-refractivity contribution in [3.8, 4) is 11.4 Å². The van der Waals surface area contributed by atoms with Gasteiger partial charge in [-0.05, 0) is 45.7 Å². The van der Waals surface area contributed by atoms with Crippen LogP contribution in [0.25, 0.3) is 5.69 Å². The minimum absolute atomic E-state index is 0.192. The molecule has 1 aliphatic heterocycles. The van der Waals surface area contributed by atoms with Gasteiger partial charge in [0, 0.05) is 6.54 Å². The van der Waals surface area contributed by atoms with Gasteiger partial charge in [0.15, 0.2) is 11.4 Å². The van der Waals surface area contributed by atoms with Crippen molar-refractivity contribution in [2.75, 3.05) is 13.2 Å². The molecular formula is C19H25N3O3. The number of amides is 1. The minimum Gasteiger partial charge on any atom is -0.490 e. The number of aliphatic hydroxyl groups is 1. The summed E-state index contributed by atoms with van der Waals surface area (Å²) in [6.45, 7) is 6.45. The summed E-state index contributed by atoms with van der Waals surface area (Å²) >= 11 is 0. The van der Waals surface area contributed by atoms with Gasteiger partial charge in [-0.25, -0.2) is 4.68 Å². The summed E-state index contributed by atoms with van der Waals surface area (Å²) in [5.41, 5.74) is 0.213. The molecule has 0 aliphatic carbocycles. The number of nitrogens with zero attached hydrogens (tertiary/aromatic N) is 3. The fourth-order valence-corrected chi connectivity index (χ4v) is 3.36. The molecule has 1 N–H and O–H groups in total. The molecule has 1 amide bonds. The van der Waals surface area contributed by atoms with Gasteiger partial charge < -0.3 is 14.7 Å². The first-order chi connectivity index (χ1) is 11.9. The van der Waals surface area contributed by atoms with Crippen molar-refractivity contribution in [1.29, 1.82) is 0 Å². The van der Waals surface area contributed by atoms with Crippen LogP contribution >= 0.6 is 0 Å². The Kier molecular flexibility index (Phi) is 4.81. The number of benzene rings is 1. The molecule has 1 aliphatic rings. The van der Waals surface area contributed by atoms with Gasteiger partial charge in [-0.15, -0.1) is 0 Å². The van der Waals surface area contributed by atoms with Gasteiger partial charge in [0.25, 0.3) is 5.91 Å². The van der Waals surface area contributed by atoms with Crippen molar-refractivity contribution in [2.24, 2.45) is 0 Å². The summed E-state index contributed by atoms with van der Waals surface area (Å²) in [4.78, 5) is 14.8. The molecule has 6 heteroatoms. The molecule has 6 nitrogen and oxygen atoms in total. The fraction of sp³-hybridized carbons (Fsp3) is 0.474. The van der Waals surface area contributed by atoms with E-state index < -0.39 is 5.60 Å². The fourth-order valence-electron chi connectivity index (χ4n) is 3.36. The van der Waals surface area contributed by atoms with E-state index in [0.29, 0.717) is 24.6 Å². The Hall–Kier alpha value is -2.34. The topological polar surface area (TPSA) is 67.6 Å². The van der Waals surface area contributed by atoms with E-state index >= 15 is 0 Å². The zero-order valence-corrected chi connectivity index (χ0v) is 15.0. The molecule has 1 saturated heterocycles. The van der Waals surface area contributed by atoms with Crippen LogP contribution in [0.1, 0.15) is 44.1 Å². The second kappa shape index (κ2) is 6.88. The molecule has 1 unspecified atom stereocenters. The average Bonchev–Trinajstić information content (AvgIpc) is 3.22. The first-order valence-electron chi connectivity index (χ1n) is 8.73. The molecule has 0 bridgehead atoms. The lowest BCUT2D eigenvalue weighted by atomic mass is 9.96. The molecule has 1 aromatic heterocycles.